The monoisotopic (exact) mass is 482 g/mol. The minimum absolute atomic E-state index is 0.0115. The summed E-state index contributed by atoms with van der Waals surface area (Å²) in [5.74, 6) is -0.853. The summed E-state index contributed by atoms with van der Waals surface area (Å²) in [6, 6.07) is 15.1. The normalized spacial score (nSPS) is 12.9. The maximum atomic E-state index is 12.0. The number of ether oxygens (including phenoxy) is 2. The van der Waals surface area contributed by atoms with Gasteiger partial charge in [-0.05, 0) is 49.2 Å². The average molecular weight is 484 g/mol. The number of esters is 2. The zero-order valence-corrected chi connectivity index (χ0v) is 17.7. The fourth-order valence-electron chi connectivity index (χ4n) is 2.37. The van der Waals surface area contributed by atoms with E-state index < -0.39 is 11.9 Å². The van der Waals surface area contributed by atoms with Crippen molar-refractivity contribution in [3.63, 3.8) is 0 Å². The van der Waals surface area contributed by atoms with Crippen LogP contribution in [0.1, 0.15) is 50.0 Å². The lowest BCUT2D eigenvalue weighted by molar-refractivity contribution is -0.155. The lowest BCUT2D eigenvalue weighted by atomic mass is 10.1. The maximum absolute atomic E-state index is 12.0. The molecule has 2 aromatic carbocycles. The Hall–Kier alpha value is -1.66. The van der Waals surface area contributed by atoms with Crippen molar-refractivity contribution in [2.24, 2.45) is 0 Å². The molecule has 2 aromatic rings. The van der Waals surface area contributed by atoms with Crippen LogP contribution in [-0.2, 0) is 19.1 Å². The van der Waals surface area contributed by atoms with Gasteiger partial charge in [-0.3, -0.25) is 9.59 Å². The second-order valence-electron chi connectivity index (χ2n) is 5.87. The van der Waals surface area contributed by atoms with Gasteiger partial charge in [0.1, 0.15) is 12.2 Å². The van der Waals surface area contributed by atoms with E-state index in [1.54, 1.807) is 13.8 Å². The highest BCUT2D eigenvalue weighted by Crippen LogP contribution is 2.23. The molecule has 0 amide bonds. The smallest absolute Gasteiger partial charge is 0.306 e. The van der Waals surface area contributed by atoms with Gasteiger partial charge in [0, 0.05) is 8.95 Å². The van der Waals surface area contributed by atoms with Crippen molar-refractivity contribution in [2.75, 3.05) is 0 Å². The number of carbonyl (C=O) groups is 2. The summed E-state index contributed by atoms with van der Waals surface area (Å²) in [7, 11) is 0. The van der Waals surface area contributed by atoms with E-state index in [0.29, 0.717) is 0 Å². The third kappa shape index (κ3) is 6.57. The van der Waals surface area contributed by atoms with E-state index in [4.69, 9.17) is 9.47 Å². The van der Waals surface area contributed by atoms with Crippen LogP contribution in [0.2, 0.25) is 0 Å². The number of carbonyl (C=O) groups excluding carboxylic acids is 2. The molecule has 0 N–H and O–H groups in total. The quantitative estimate of drug-likeness (QED) is 0.460. The number of benzene rings is 2. The maximum Gasteiger partial charge on any atom is 0.306 e. The van der Waals surface area contributed by atoms with Crippen LogP contribution in [0.5, 0.6) is 0 Å². The fraction of sp³-hybridized carbons (Fsp3) is 0.300. The molecule has 0 saturated heterocycles. The highest BCUT2D eigenvalue weighted by atomic mass is 79.9. The zero-order valence-electron chi connectivity index (χ0n) is 14.6. The van der Waals surface area contributed by atoms with E-state index >= 15 is 0 Å². The Kier molecular flexibility index (Phi) is 7.85. The highest BCUT2D eigenvalue weighted by Gasteiger charge is 2.16. The van der Waals surface area contributed by atoms with Gasteiger partial charge in [-0.1, -0.05) is 56.1 Å². The lowest BCUT2D eigenvalue weighted by Gasteiger charge is -2.15. The van der Waals surface area contributed by atoms with E-state index in [2.05, 4.69) is 31.9 Å². The summed E-state index contributed by atoms with van der Waals surface area (Å²) in [5, 5.41) is 0. The van der Waals surface area contributed by atoms with E-state index in [-0.39, 0.29) is 25.0 Å². The molecule has 0 bridgehead atoms. The molecule has 0 aromatic heterocycles. The SMILES string of the molecule is CC(OC(=O)CCC(=O)OC(C)c1cccc(Br)c1)c1cccc(Br)c1. The molecule has 0 saturated carbocycles. The summed E-state index contributed by atoms with van der Waals surface area (Å²) >= 11 is 6.78. The van der Waals surface area contributed by atoms with E-state index in [0.717, 1.165) is 20.1 Å². The van der Waals surface area contributed by atoms with Crippen LogP contribution >= 0.6 is 31.9 Å². The third-order valence-corrected chi connectivity index (χ3v) is 4.77. The molecule has 6 heteroatoms. The molecule has 0 aliphatic rings. The molecule has 0 aliphatic carbocycles. The molecule has 0 aliphatic heterocycles. The van der Waals surface area contributed by atoms with Crippen LogP contribution in [0, 0.1) is 0 Å². The molecule has 4 nitrogen and oxygen atoms in total. The van der Waals surface area contributed by atoms with Crippen molar-refractivity contribution in [1.82, 2.24) is 0 Å². The second kappa shape index (κ2) is 9.88. The Bertz CT molecular complexity index is 710. The minimum Gasteiger partial charge on any atom is -0.458 e. The van der Waals surface area contributed by atoms with Gasteiger partial charge < -0.3 is 9.47 Å². The topological polar surface area (TPSA) is 52.6 Å². The number of hydrogen-bond acceptors (Lipinski definition) is 4. The highest BCUT2D eigenvalue weighted by molar-refractivity contribution is 9.10. The molecular weight excluding hydrogens is 464 g/mol. The Morgan fingerprint density at radius 3 is 1.54 bits per heavy atom. The standard InChI is InChI=1S/C20H20Br2O4/c1-13(15-5-3-7-17(21)11-15)25-19(23)9-10-20(24)26-14(2)16-6-4-8-18(22)12-16/h3-8,11-14H,9-10H2,1-2H3. The predicted octanol–water partition coefficient (Wildman–Crippen LogP) is 5.90. The molecule has 138 valence electrons. The van der Waals surface area contributed by atoms with Crippen LogP contribution in [-0.4, -0.2) is 11.9 Å². The first-order valence-electron chi connectivity index (χ1n) is 8.25. The van der Waals surface area contributed by atoms with Crippen LogP contribution in [0.25, 0.3) is 0 Å². The Balaban J connectivity index is 1.78. The fourth-order valence-corrected chi connectivity index (χ4v) is 3.21. The van der Waals surface area contributed by atoms with Crippen molar-refractivity contribution in [2.45, 2.75) is 38.9 Å². The van der Waals surface area contributed by atoms with Gasteiger partial charge in [-0.25, -0.2) is 0 Å². The summed E-state index contributed by atoms with van der Waals surface area (Å²) in [5.41, 5.74) is 1.78. The van der Waals surface area contributed by atoms with Gasteiger partial charge in [-0.15, -0.1) is 0 Å². The molecule has 2 rings (SSSR count). The molecule has 0 heterocycles. The van der Waals surface area contributed by atoms with E-state index in [1.165, 1.54) is 0 Å². The van der Waals surface area contributed by atoms with E-state index in [9.17, 15) is 9.59 Å². The van der Waals surface area contributed by atoms with Crippen molar-refractivity contribution >= 4 is 43.8 Å². The Labute approximate surface area is 170 Å². The molecular formula is C20H20Br2O4. The average Bonchev–Trinajstić information content (AvgIpc) is 2.60. The van der Waals surface area contributed by atoms with Gasteiger partial charge >= 0.3 is 11.9 Å². The molecule has 2 atom stereocenters. The van der Waals surface area contributed by atoms with Gasteiger partial charge in [0.2, 0.25) is 0 Å². The van der Waals surface area contributed by atoms with Gasteiger partial charge in [0.15, 0.2) is 0 Å². The molecule has 0 fully saturated rings. The van der Waals surface area contributed by atoms with Crippen molar-refractivity contribution in [3.05, 3.63) is 68.6 Å². The minimum atomic E-state index is -0.426. The predicted molar refractivity (Wildman–Crippen MR) is 107 cm³/mol. The largest absolute Gasteiger partial charge is 0.458 e. The first-order chi connectivity index (χ1) is 12.3. The third-order valence-electron chi connectivity index (χ3n) is 3.79. The molecule has 0 spiro atoms. The molecule has 2 unspecified atom stereocenters. The molecule has 0 radical (unpaired) electrons. The van der Waals surface area contributed by atoms with Crippen molar-refractivity contribution < 1.29 is 19.1 Å². The number of hydrogen-bond donors (Lipinski definition) is 0. The number of halogens is 2. The van der Waals surface area contributed by atoms with Crippen LogP contribution in [0.4, 0.5) is 0 Å². The first-order valence-corrected chi connectivity index (χ1v) is 9.83. The molecule has 26 heavy (non-hydrogen) atoms. The first kappa shape index (κ1) is 20.6. The van der Waals surface area contributed by atoms with Crippen molar-refractivity contribution in [3.8, 4) is 0 Å². The summed E-state index contributed by atoms with van der Waals surface area (Å²) in [6.45, 7) is 3.60. The van der Waals surface area contributed by atoms with Crippen LogP contribution in [0.15, 0.2) is 57.5 Å². The van der Waals surface area contributed by atoms with Crippen LogP contribution in [0.3, 0.4) is 0 Å². The van der Waals surface area contributed by atoms with Gasteiger partial charge in [0.25, 0.3) is 0 Å². The summed E-state index contributed by atoms with van der Waals surface area (Å²) in [6.07, 6.45) is -0.779. The zero-order chi connectivity index (χ0) is 19.1. The van der Waals surface area contributed by atoms with Gasteiger partial charge in [-0.2, -0.15) is 0 Å². The van der Waals surface area contributed by atoms with Crippen molar-refractivity contribution in [1.29, 1.82) is 0 Å². The Morgan fingerprint density at radius 1 is 0.808 bits per heavy atom. The van der Waals surface area contributed by atoms with Gasteiger partial charge in [0.05, 0.1) is 12.8 Å². The van der Waals surface area contributed by atoms with E-state index in [1.807, 2.05) is 48.5 Å². The summed E-state index contributed by atoms with van der Waals surface area (Å²) in [4.78, 5) is 23.9. The Morgan fingerprint density at radius 2 is 1.19 bits per heavy atom. The lowest BCUT2D eigenvalue weighted by Crippen LogP contribution is -2.13. The number of rotatable bonds is 7. The van der Waals surface area contributed by atoms with Crippen LogP contribution < -0.4 is 0 Å². The second-order valence-corrected chi connectivity index (χ2v) is 7.71. The summed E-state index contributed by atoms with van der Waals surface area (Å²) < 4.78 is 12.6.